The van der Waals surface area contributed by atoms with E-state index in [1.165, 1.54) is 27.1 Å². The molecular weight excluding hydrogens is 736 g/mol. The molecule has 0 amide bonds. The second-order valence-corrected chi connectivity index (χ2v) is 15.0. The highest BCUT2D eigenvalue weighted by molar-refractivity contribution is 4.79. The van der Waals surface area contributed by atoms with E-state index in [9.17, 15) is 5.11 Å². The maximum absolute atomic E-state index is 9.25. The lowest BCUT2D eigenvalue weighted by atomic mass is 9.82. The summed E-state index contributed by atoms with van der Waals surface area (Å²) in [6.07, 6.45) is 9.20. The van der Waals surface area contributed by atoms with Crippen LogP contribution in [0.2, 0.25) is 0 Å². The van der Waals surface area contributed by atoms with Crippen molar-refractivity contribution in [3.8, 4) is 0 Å². The smallest absolute Gasteiger partial charge is 0.0632 e. The fraction of sp³-hybridized carbons (Fsp3) is 1.00. The van der Waals surface area contributed by atoms with Crippen LogP contribution in [-0.4, -0.2) is 197 Å². The molecular formula is C40H90O16. The van der Waals surface area contributed by atoms with Gasteiger partial charge in [-0.25, -0.2) is 0 Å². The van der Waals surface area contributed by atoms with Crippen LogP contribution in [0.5, 0.6) is 0 Å². The average molecular weight is 827 g/mol. The minimum absolute atomic E-state index is 0.0186. The van der Waals surface area contributed by atoms with Gasteiger partial charge in [-0.2, -0.15) is 0 Å². The third-order valence-electron chi connectivity index (χ3n) is 9.98. The Labute approximate surface area is 339 Å². The van der Waals surface area contributed by atoms with Gasteiger partial charge in [-0.05, 0) is 32.1 Å². The van der Waals surface area contributed by atoms with Gasteiger partial charge in [0.2, 0.25) is 0 Å². The van der Waals surface area contributed by atoms with Gasteiger partial charge in [0.25, 0.3) is 0 Å². The molecule has 16 nitrogen and oxygen atoms in total. The van der Waals surface area contributed by atoms with Crippen molar-refractivity contribution >= 4 is 0 Å². The molecule has 346 valence electrons. The monoisotopic (exact) mass is 827 g/mol. The van der Waals surface area contributed by atoms with E-state index in [4.69, 9.17) is 74.7 Å². The molecule has 0 aliphatic rings. The zero-order chi connectivity index (χ0) is 44.4. The lowest BCUT2D eigenvalue weighted by molar-refractivity contribution is -0.0568. The van der Waals surface area contributed by atoms with E-state index in [2.05, 4.69) is 13.8 Å². The van der Waals surface area contributed by atoms with Crippen LogP contribution in [0, 0.1) is 27.1 Å². The molecule has 0 aromatic carbocycles. The highest BCUT2D eigenvalue weighted by atomic mass is 16.5. The number of ether oxygens (including phenoxy) is 5. The molecule has 56 heavy (non-hydrogen) atoms. The first-order valence-electron chi connectivity index (χ1n) is 19.9. The van der Waals surface area contributed by atoms with E-state index in [-0.39, 0.29) is 78.1 Å². The predicted molar refractivity (Wildman–Crippen MR) is 218 cm³/mol. The first-order chi connectivity index (χ1) is 26.7. The molecule has 11 N–H and O–H groups in total. The van der Waals surface area contributed by atoms with Crippen molar-refractivity contribution in [3.05, 3.63) is 0 Å². The maximum atomic E-state index is 9.25. The van der Waals surface area contributed by atoms with E-state index in [1.54, 1.807) is 21.3 Å². The summed E-state index contributed by atoms with van der Waals surface area (Å²) < 4.78 is 24.6. The van der Waals surface area contributed by atoms with E-state index in [1.807, 2.05) is 13.8 Å². The average Bonchev–Trinajstić information content (AvgIpc) is 3.24. The third kappa shape index (κ3) is 29.6. The van der Waals surface area contributed by atoms with Crippen LogP contribution in [0.3, 0.4) is 0 Å². The van der Waals surface area contributed by atoms with Crippen molar-refractivity contribution in [2.24, 2.45) is 27.1 Å². The number of unbranched alkanes of at least 4 members (excludes halogenated alkanes) is 2. The molecule has 0 spiro atoms. The minimum Gasteiger partial charge on any atom is -0.396 e. The van der Waals surface area contributed by atoms with Crippen molar-refractivity contribution in [3.63, 3.8) is 0 Å². The van der Waals surface area contributed by atoms with Crippen LogP contribution in [0.4, 0.5) is 0 Å². The number of aliphatic hydroxyl groups is 11. The summed E-state index contributed by atoms with van der Waals surface area (Å²) >= 11 is 0. The fourth-order valence-corrected chi connectivity index (χ4v) is 5.18. The molecule has 0 bridgehead atoms. The van der Waals surface area contributed by atoms with E-state index in [0.29, 0.717) is 52.3 Å². The van der Waals surface area contributed by atoms with Crippen molar-refractivity contribution in [2.75, 3.05) is 141 Å². The molecule has 1 atom stereocenters. The van der Waals surface area contributed by atoms with Crippen LogP contribution in [0.1, 0.15) is 91.9 Å². The molecule has 0 radical (unpaired) electrons. The number of hydrogen-bond acceptors (Lipinski definition) is 16. The third-order valence-corrected chi connectivity index (χ3v) is 9.98. The van der Waals surface area contributed by atoms with Crippen molar-refractivity contribution < 1.29 is 79.9 Å². The Morgan fingerprint density at radius 2 is 0.589 bits per heavy atom. The van der Waals surface area contributed by atoms with E-state index < -0.39 is 21.7 Å². The Hall–Kier alpha value is -0.640. The van der Waals surface area contributed by atoms with Gasteiger partial charge in [-0.3, -0.25) is 0 Å². The molecule has 1 unspecified atom stereocenters. The normalized spacial score (nSPS) is 12.9. The van der Waals surface area contributed by atoms with Gasteiger partial charge in [0, 0.05) is 63.8 Å². The molecule has 0 saturated heterocycles. The van der Waals surface area contributed by atoms with Crippen LogP contribution < -0.4 is 0 Å². The lowest BCUT2D eigenvalue weighted by Crippen LogP contribution is -2.39. The zero-order valence-corrected chi connectivity index (χ0v) is 36.8. The van der Waals surface area contributed by atoms with Crippen molar-refractivity contribution in [1.82, 2.24) is 0 Å². The van der Waals surface area contributed by atoms with Crippen molar-refractivity contribution in [1.29, 1.82) is 0 Å². The lowest BCUT2D eigenvalue weighted by Gasteiger charge is -2.29. The van der Waals surface area contributed by atoms with Gasteiger partial charge in [-0.15, -0.1) is 0 Å². The molecule has 0 aromatic heterocycles. The number of methoxy groups -OCH3 is 5. The summed E-state index contributed by atoms with van der Waals surface area (Å²) in [7, 11) is 7.89. The van der Waals surface area contributed by atoms with Crippen LogP contribution in [0.25, 0.3) is 0 Å². The standard InChI is InChI=1S/C10H22O2.C8H18O4.C8H18O3.C7H16O4.C7H16O3/c1-4-6-7-10(5-2,8-11)9-12-3;1-11-4-3-8(5-9,6-10)7-12-2;1-2-3-4-8(5-9,6-10)7-11;1-10-5-7(3-8,4-9)6-11-2;1-2-3-7(4-8,5-9)6-10/h11H,4-9H2,1-3H3;9-10H,3-7H2,1-2H3;9-11H,2-7H2,1H3;8-9H,3-6H2,1-2H3;8-10H,2-6H2,1H3. The second kappa shape index (κ2) is 42.5. The molecule has 0 saturated carbocycles. The Morgan fingerprint density at radius 1 is 0.304 bits per heavy atom. The zero-order valence-electron chi connectivity index (χ0n) is 36.8. The largest absolute Gasteiger partial charge is 0.396 e. The molecule has 0 aliphatic heterocycles. The Balaban J connectivity index is -0.000000194. The quantitative estimate of drug-likeness (QED) is 0.0465. The van der Waals surface area contributed by atoms with Crippen molar-refractivity contribution in [2.45, 2.75) is 91.9 Å². The summed E-state index contributed by atoms with van der Waals surface area (Å²) in [5.41, 5.74) is -2.50. The Kier molecular flexibility index (Phi) is 48.9. The van der Waals surface area contributed by atoms with Gasteiger partial charge in [0.1, 0.15) is 0 Å². The first-order valence-corrected chi connectivity index (χ1v) is 19.9. The summed E-state index contributed by atoms with van der Waals surface area (Å²) in [4.78, 5) is 0. The van der Waals surface area contributed by atoms with Crippen LogP contribution in [-0.2, 0) is 23.7 Å². The van der Waals surface area contributed by atoms with Gasteiger partial charge < -0.3 is 79.9 Å². The SMILES string of the molecule is CCCC(CO)(CO)CO.CCCCC(CC)(CO)COC.CCCCC(CO)(CO)CO.COCC(CO)(CO)COC.COCCC(CO)(CO)COC. The van der Waals surface area contributed by atoms with Gasteiger partial charge in [0.05, 0.1) is 105 Å². The second-order valence-electron chi connectivity index (χ2n) is 15.0. The minimum atomic E-state index is -0.658. The summed E-state index contributed by atoms with van der Waals surface area (Å²) in [6, 6.07) is 0. The Morgan fingerprint density at radius 3 is 0.821 bits per heavy atom. The van der Waals surface area contributed by atoms with E-state index >= 15 is 0 Å². The topological polar surface area (TPSA) is 269 Å². The van der Waals surface area contributed by atoms with Gasteiger partial charge >= 0.3 is 0 Å². The molecule has 0 aromatic rings. The maximum Gasteiger partial charge on any atom is 0.0632 e. The molecule has 0 aliphatic carbocycles. The highest BCUT2D eigenvalue weighted by Gasteiger charge is 2.30. The fourth-order valence-electron chi connectivity index (χ4n) is 5.18. The molecule has 0 fully saturated rings. The van der Waals surface area contributed by atoms with Crippen LogP contribution in [0.15, 0.2) is 0 Å². The molecule has 0 heterocycles. The first kappa shape index (κ1) is 64.5. The summed E-state index contributed by atoms with van der Waals surface area (Å²) in [5.74, 6) is 0. The summed E-state index contributed by atoms with van der Waals surface area (Å²) in [6.45, 7) is 9.39. The van der Waals surface area contributed by atoms with Gasteiger partial charge in [-0.1, -0.05) is 59.8 Å². The number of aliphatic hydroxyl groups excluding tert-OH is 11. The Bertz CT molecular complexity index is 691. The van der Waals surface area contributed by atoms with E-state index in [0.717, 1.165) is 32.1 Å². The highest BCUT2D eigenvalue weighted by Crippen LogP contribution is 2.28. The number of hydrogen-bond donors (Lipinski definition) is 11. The predicted octanol–water partition coefficient (Wildman–Crippen LogP) is 0.992. The number of rotatable bonds is 31. The van der Waals surface area contributed by atoms with Gasteiger partial charge in [0.15, 0.2) is 0 Å². The molecule has 0 rings (SSSR count). The van der Waals surface area contributed by atoms with Crippen LogP contribution >= 0.6 is 0 Å². The molecule has 16 heteroatoms. The summed E-state index contributed by atoms with van der Waals surface area (Å²) in [5, 5.41) is 98.2.